The van der Waals surface area contributed by atoms with E-state index in [9.17, 15) is 14.0 Å². The fourth-order valence-corrected chi connectivity index (χ4v) is 3.11. The number of ether oxygens (including phenoxy) is 1. The maximum absolute atomic E-state index is 13.5. The van der Waals surface area contributed by atoms with Crippen LogP contribution in [0.3, 0.4) is 0 Å². The van der Waals surface area contributed by atoms with Gasteiger partial charge in [-0.05, 0) is 31.0 Å². The van der Waals surface area contributed by atoms with Crippen LogP contribution in [0.25, 0.3) is 0 Å². The molecule has 2 heterocycles. The Kier molecular flexibility index (Phi) is 3.90. The molecule has 0 bridgehead atoms. The zero-order valence-corrected chi connectivity index (χ0v) is 12.5. The highest BCUT2D eigenvalue weighted by molar-refractivity contribution is 5.94. The van der Waals surface area contributed by atoms with Crippen LogP contribution >= 0.6 is 0 Å². The lowest BCUT2D eigenvalue weighted by atomic mass is 9.95. The molecule has 2 amide bonds. The average Bonchev–Trinajstić information content (AvgIpc) is 2.77. The van der Waals surface area contributed by atoms with E-state index in [2.05, 4.69) is 5.32 Å². The monoisotopic (exact) mass is 317 g/mol. The lowest BCUT2D eigenvalue weighted by molar-refractivity contribution is 0.0438. The summed E-state index contributed by atoms with van der Waals surface area (Å²) in [4.78, 5) is 25.5. The van der Waals surface area contributed by atoms with Gasteiger partial charge in [-0.1, -0.05) is 0 Å². The minimum Gasteiger partial charge on any atom is -0.441 e. The predicted molar refractivity (Wildman–Crippen MR) is 78.1 cm³/mol. The van der Waals surface area contributed by atoms with Gasteiger partial charge in [0.1, 0.15) is 11.4 Å². The normalized spacial score (nSPS) is 23.8. The molecule has 1 aromatic rings. The molecule has 1 spiro atoms. The number of likely N-dealkylation sites (tertiary alicyclic amines) is 1. The van der Waals surface area contributed by atoms with E-state index in [0.29, 0.717) is 38.9 Å². The van der Waals surface area contributed by atoms with Crippen molar-refractivity contribution in [3.8, 4) is 6.07 Å². The highest BCUT2D eigenvalue weighted by Gasteiger charge is 2.41. The van der Waals surface area contributed by atoms with Crippen molar-refractivity contribution >= 4 is 12.0 Å². The van der Waals surface area contributed by atoms with Gasteiger partial charge in [-0.2, -0.15) is 5.26 Å². The van der Waals surface area contributed by atoms with Crippen molar-refractivity contribution in [2.75, 3.05) is 19.6 Å². The third-order valence-electron chi connectivity index (χ3n) is 4.32. The molecule has 0 aliphatic carbocycles. The summed E-state index contributed by atoms with van der Waals surface area (Å²) in [6.07, 6.45) is 1.50. The number of carbonyl (C=O) groups is 2. The van der Waals surface area contributed by atoms with Gasteiger partial charge in [0.15, 0.2) is 0 Å². The Morgan fingerprint density at radius 2 is 2.17 bits per heavy atom. The topological polar surface area (TPSA) is 82.4 Å². The Balaban J connectivity index is 1.75. The van der Waals surface area contributed by atoms with Gasteiger partial charge in [0.05, 0.1) is 18.2 Å². The number of hydrogen-bond donors (Lipinski definition) is 1. The standard InChI is InChI=1S/C16H16FN3O3/c17-13-7-11(9-18)6-12(8-13)14(21)20-4-1-2-16(3-5-20)10-19-15(22)23-16/h6-8H,1-5,10H2,(H,19,22). The van der Waals surface area contributed by atoms with Gasteiger partial charge in [0, 0.05) is 25.1 Å². The van der Waals surface area contributed by atoms with E-state index in [4.69, 9.17) is 10.00 Å². The van der Waals surface area contributed by atoms with Crippen molar-refractivity contribution in [2.45, 2.75) is 24.9 Å². The fourth-order valence-electron chi connectivity index (χ4n) is 3.11. The summed E-state index contributed by atoms with van der Waals surface area (Å²) in [5, 5.41) is 11.5. The number of nitrogens with one attached hydrogen (secondary N) is 1. The Labute approximate surface area is 132 Å². The first-order valence-corrected chi connectivity index (χ1v) is 7.48. The second-order valence-corrected chi connectivity index (χ2v) is 5.91. The van der Waals surface area contributed by atoms with Gasteiger partial charge in [0.2, 0.25) is 0 Å². The van der Waals surface area contributed by atoms with Gasteiger partial charge in [-0.25, -0.2) is 9.18 Å². The molecular formula is C16H16FN3O3. The van der Waals surface area contributed by atoms with Crippen molar-refractivity contribution in [2.24, 2.45) is 0 Å². The van der Waals surface area contributed by atoms with Crippen LogP contribution in [0.1, 0.15) is 35.2 Å². The molecule has 2 aliphatic rings. The number of hydrogen-bond acceptors (Lipinski definition) is 4. The van der Waals surface area contributed by atoms with E-state index in [-0.39, 0.29) is 17.0 Å². The first kappa shape index (κ1) is 15.3. The number of rotatable bonds is 1. The SMILES string of the molecule is N#Cc1cc(F)cc(C(=O)N2CCCC3(CC2)CNC(=O)O3)c1. The molecule has 1 aromatic carbocycles. The lowest BCUT2D eigenvalue weighted by Gasteiger charge is -2.25. The third kappa shape index (κ3) is 3.11. The van der Waals surface area contributed by atoms with E-state index in [0.717, 1.165) is 12.1 Å². The molecule has 0 aromatic heterocycles. The quantitative estimate of drug-likeness (QED) is 0.856. The lowest BCUT2D eigenvalue weighted by Crippen LogP contribution is -2.36. The second kappa shape index (κ2) is 5.88. The fraction of sp³-hybridized carbons (Fsp3) is 0.438. The summed E-state index contributed by atoms with van der Waals surface area (Å²) < 4.78 is 18.9. The van der Waals surface area contributed by atoms with Crippen molar-refractivity contribution < 1.29 is 18.7 Å². The molecule has 6 nitrogen and oxygen atoms in total. The van der Waals surface area contributed by atoms with Crippen LogP contribution in [0.15, 0.2) is 18.2 Å². The molecule has 3 rings (SSSR count). The van der Waals surface area contributed by atoms with Crippen LogP contribution in [0.4, 0.5) is 9.18 Å². The van der Waals surface area contributed by atoms with E-state index in [1.165, 1.54) is 6.07 Å². The molecule has 1 N–H and O–H groups in total. The number of halogens is 1. The zero-order valence-electron chi connectivity index (χ0n) is 12.5. The first-order chi connectivity index (χ1) is 11.0. The van der Waals surface area contributed by atoms with Gasteiger partial charge >= 0.3 is 6.09 Å². The molecule has 1 atom stereocenters. The number of nitrogens with zero attached hydrogens (tertiary/aromatic N) is 2. The number of alkyl carbamates (subject to hydrolysis) is 1. The molecular weight excluding hydrogens is 301 g/mol. The summed E-state index contributed by atoms with van der Waals surface area (Å²) in [5.74, 6) is -0.914. The highest BCUT2D eigenvalue weighted by Crippen LogP contribution is 2.29. The summed E-state index contributed by atoms with van der Waals surface area (Å²) in [7, 11) is 0. The molecule has 120 valence electrons. The van der Waals surface area contributed by atoms with Crippen LogP contribution in [-0.2, 0) is 4.74 Å². The average molecular weight is 317 g/mol. The maximum atomic E-state index is 13.5. The molecule has 0 saturated carbocycles. The molecule has 1 unspecified atom stereocenters. The van der Waals surface area contributed by atoms with Crippen LogP contribution in [0, 0.1) is 17.1 Å². The molecule has 7 heteroatoms. The first-order valence-electron chi connectivity index (χ1n) is 7.48. The zero-order chi connectivity index (χ0) is 16.4. The van der Waals surface area contributed by atoms with E-state index < -0.39 is 17.5 Å². The number of carbonyl (C=O) groups excluding carboxylic acids is 2. The maximum Gasteiger partial charge on any atom is 0.407 e. The van der Waals surface area contributed by atoms with Gasteiger partial charge < -0.3 is 15.0 Å². The van der Waals surface area contributed by atoms with Crippen LogP contribution in [0.2, 0.25) is 0 Å². The Morgan fingerprint density at radius 1 is 1.35 bits per heavy atom. The Hall–Kier alpha value is -2.62. The summed E-state index contributed by atoms with van der Waals surface area (Å²) in [6, 6.07) is 5.47. The second-order valence-electron chi connectivity index (χ2n) is 5.91. The highest BCUT2D eigenvalue weighted by atomic mass is 19.1. The van der Waals surface area contributed by atoms with Gasteiger partial charge in [-0.3, -0.25) is 4.79 Å². The largest absolute Gasteiger partial charge is 0.441 e. The van der Waals surface area contributed by atoms with E-state index in [1.807, 2.05) is 6.07 Å². The van der Waals surface area contributed by atoms with Gasteiger partial charge in [-0.15, -0.1) is 0 Å². The molecule has 23 heavy (non-hydrogen) atoms. The number of nitriles is 1. The van der Waals surface area contributed by atoms with Crippen molar-refractivity contribution in [1.29, 1.82) is 5.26 Å². The number of benzene rings is 1. The van der Waals surface area contributed by atoms with Crippen molar-refractivity contribution in [3.63, 3.8) is 0 Å². The smallest absolute Gasteiger partial charge is 0.407 e. The van der Waals surface area contributed by atoms with Crippen LogP contribution < -0.4 is 5.32 Å². The minimum absolute atomic E-state index is 0.119. The summed E-state index contributed by atoms with van der Waals surface area (Å²) >= 11 is 0. The van der Waals surface area contributed by atoms with E-state index in [1.54, 1.807) is 4.90 Å². The summed E-state index contributed by atoms with van der Waals surface area (Å²) in [6.45, 7) is 1.38. The molecule has 2 fully saturated rings. The third-order valence-corrected chi connectivity index (χ3v) is 4.32. The summed E-state index contributed by atoms with van der Waals surface area (Å²) in [5.41, 5.74) is -0.265. The molecule has 2 saturated heterocycles. The van der Waals surface area contributed by atoms with Crippen molar-refractivity contribution in [1.82, 2.24) is 10.2 Å². The van der Waals surface area contributed by atoms with Crippen LogP contribution in [-0.4, -0.2) is 42.1 Å². The Bertz CT molecular complexity index is 700. The van der Waals surface area contributed by atoms with E-state index >= 15 is 0 Å². The van der Waals surface area contributed by atoms with Crippen molar-refractivity contribution in [3.05, 3.63) is 35.1 Å². The molecule has 0 radical (unpaired) electrons. The van der Waals surface area contributed by atoms with Gasteiger partial charge in [0.25, 0.3) is 5.91 Å². The Morgan fingerprint density at radius 3 is 2.87 bits per heavy atom. The number of amides is 2. The predicted octanol–water partition coefficient (Wildman–Crippen LogP) is 1.80. The minimum atomic E-state index is -0.604. The molecule has 2 aliphatic heterocycles. The van der Waals surface area contributed by atoms with Crippen LogP contribution in [0.5, 0.6) is 0 Å².